The van der Waals surface area contributed by atoms with Crippen LogP contribution in [0.25, 0.3) is 0 Å². The van der Waals surface area contributed by atoms with E-state index in [4.69, 9.17) is 4.74 Å². The zero-order valence-corrected chi connectivity index (χ0v) is 12.1. The van der Waals surface area contributed by atoms with Gasteiger partial charge in [-0.25, -0.2) is 4.98 Å². The third kappa shape index (κ3) is 4.01. The topological polar surface area (TPSA) is 22.1 Å². The third-order valence-corrected chi connectivity index (χ3v) is 3.58. The Kier molecular flexibility index (Phi) is 3.94. The smallest absolute Gasteiger partial charge is 0.213 e. The lowest BCUT2D eigenvalue weighted by Crippen LogP contribution is -2.32. The Hall–Kier alpha value is -1.05. The maximum atomic E-state index is 5.81. The molecule has 0 bridgehead atoms. The molecule has 0 unspecified atom stereocenters. The molecule has 2 rings (SSSR count). The zero-order chi connectivity index (χ0) is 13.2. The lowest BCUT2D eigenvalue weighted by Gasteiger charge is -2.32. The second-order valence-corrected chi connectivity index (χ2v) is 6.88. The summed E-state index contributed by atoms with van der Waals surface area (Å²) < 4.78 is 5.81. The molecule has 0 aliphatic heterocycles. The molecule has 1 heterocycles. The Balaban J connectivity index is 1.82. The quantitative estimate of drug-likeness (QED) is 0.794. The summed E-state index contributed by atoms with van der Waals surface area (Å²) in [7, 11) is 0. The normalized spacial score (nSPS) is 23.6. The second kappa shape index (κ2) is 5.29. The van der Waals surface area contributed by atoms with E-state index in [1.807, 2.05) is 12.3 Å². The van der Waals surface area contributed by atoms with Gasteiger partial charge in [0.05, 0.1) is 0 Å². The van der Waals surface area contributed by atoms with Gasteiger partial charge in [0, 0.05) is 12.3 Å². The molecule has 0 atom stereocenters. The molecule has 2 heteroatoms. The molecule has 1 aromatic rings. The number of aryl methyl sites for hydroxylation is 1. The molecule has 1 aliphatic carbocycles. The number of aromatic nitrogens is 1. The van der Waals surface area contributed by atoms with Crippen LogP contribution in [-0.4, -0.2) is 11.1 Å². The Morgan fingerprint density at radius 3 is 2.50 bits per heavy atom. The summed E-state index contributed by atoms with van der Waals surface area (Å²) in [6.07, 6.45) is 6.99. The largest absolute Gasteiger partial charge is 0.474 e. The van der Waals surface area contributed by atoms with Gasteiger partial charge in [0.2, 0.25) is 5.88 Å². The molecular weight excluding hydrogens is 222 g/mol. The van der Waals surface area contributed by atoms with Crippen LogP contribution < -0.4 is 4.74 Å². The van der Waals surface area contributed by atoms with Gasteiger partial charge in [-0.3, -0.25) is 0 Å². The monoisotopic (exact) mass is 247 g/mol. The fraction of sp³-hybridized carbons (Fsp3) is 0.688. The predicted molar refractivity (Wildman–Crippen MR) is 74.8 cm³/mol. The predicted octanol–water partition coefficient (Wildman–Crippen LogP) is 4.24. The van der Waals surface area contributed by atoms with Gasteiger partial charge in [0.1, 0.15) is 6.10 Å². The number of nitrogens with zero attached hydrogens (tertiary/aromatic N) is 1. The summed E-state index contributed by atoms with van der Waals surface area (Å²) in [6, 6.07) is 4.16. The van der Waals surface area contributed by atoms with Gasteiger partial charge < -0.3 is 4.74 Å². The van der Waals surface area contributed by atoms with Crippen LogP contribution >= 0.6 is 0 Å². The molecule has 0 N–H and O–H groups in total. The van der Waals surface area contributed by atoms with E-state index in [0.717, 1.165) is 18.2 Å². The van der Waals surface area contributed by atoms with Crippen molar-refractivity contribution in [2.24, 2.45) is 11.3 Å². The van der Waals surface area contributed by atoms with E-state index < -0.39 is 0 Å². The van der Waals surface area contributed by atoms with Gasteiger partial charge >= 0.3 is 0 Å². The van der Waals surface area contributed by atoms with Gasteiger partial charge in [0.15, 0.2) is 0 Å². The lowest BCUT2D eigenvalue weighted by molar-refractivity contribution is 0.0695. The molecule has 18 heavy (non-hydrogen) atoms. The molecule has 1 saturated carbocycles. The van der Waals surface area contributed by atoms with E-state index in [-0.39, 0.29) is 0 Å². The van der Waals surface area contributed by atoms with Crippen molar-refractivity contribution >= 4 is 0 Å². The summed E-state index contributed by atoms with van der Waals surface area (Å²) >= 11 is 0. The molecule has 1 aliphatic rings. The summed E-state index contributed by atoms with van der Waals surface area (Å²) in [4.78, 5) is 4.40. The summed E-state index contributed by atoms with van der Waals surface area (Å²) in [5.41, 5.74) is 1.69. The zero-order valence-electron chi connectivity index (χ0n) is 12.1. The minimum Gasteiger partial charge on any atom is -0.474 e. The Bertz CT molecular complexity index is 371. The van der Waals surface area contributed by atoms with Crippen LogP contribution in [0.15, 0.2) is 18.3 Å². The van der Waals surface area contributed by atoms with Crippen molar-refractivity contribution < 1.29 is 4.74 Å². The molecule has 0 aromatic carbocycles. The van der Waals surface area contributed by atoms with Gasteiger partial charge in [-0.15, -0.1) is 0 Å². The van der Waals surface area contributed by atoms with Crippen LogP contribution in [0, 0.1) is 11.3 Å². The molecule has 0 radical (unpaired) electrons. The summed E-state index contributed by atoms with van der Waals surface area (Å²) in [6.45, 7) is 9.09. The lowest BCUT2D eigenvalue weighted by atomic mass is 9.84. The highest BCUT2D eigenvalue weighted by molar-refractivity contribution is 5.18. The highest BCUT2D eigenvalue weighted by Crippen LogP contribution is 2.30. The second-order valence-electron chi connectivity index (χ2n) is 6.88. The van der Waals surface area contributed by atoms with Crippen LogP contribution in [0.2, 0.25) is 0 Å². The number of rotatable bonds is 4. The fourth-order valence-corrected chi connectivity index (χ4v) is 2.24. The first-order valence-corrected chi connectivity index (χ1v) is 7.04. The van der Waals surface area contributed by atoms with Crippen LogP contribution in [0.5, 0.6) is 5.88 Å². The first-order chi connectivity index (χ1) is 8.42. The van der Waals surface area contributed by atoms with E-state index in [1.165, 1.54) is 24.8 Å². The highest BCUT2D eigenvalue weighted by Gasteiger charge is 2.27. The average molecular weight is 247 g/mol. The highest BCUT2D eigenvalue weighted by atomic mass is 16.5. The maximum absolute atomic E-state index is 5.81. The molecule has 0 spiro atoms. The Morgan fingerprint density at radius 2 is 2.00 bits per heavy atom. The van der Waals surface area contributed by atoms with Crippen molar-refractivity contribution in [2.75, 3.05) is 0 Å². The number of ether oxygens (including phenoxy) is 1. The van der Waals surface area contributed by atoms with E-state index >= 15 is 0 Å². The van der Waals surface area contributed by atoms with Gasteiger partial charge in [-0.1, -0.05) is 33.8 Å². The van der Waals surface area contributed by atoms with Crippen molar-refractivity contribution in [1.82, 2.24) is 4.98 Å². The average Bonchev–Trinajstić information content (AvgIpc) is 2.25. The minimum absolute atomic E-state index is 0.386. The van der Waals surface area contributed by atoms with Gasteiger partial charge in [-0.05, 0) is 42.6 Å². The first kappa shape index (κ1) is 13.4. The molecule has 0 saturated heterocycles. The maximum Gasteiger partial charge on any atom is 0.213 e. The van der Waals surface area contributed by atoms with Gasteiger partial charge in [-0.2, -0.15) is 0 Å². The number of hydrogen-bond acceptors (Lipinski definition) is 2. The van der Waals surface area contributed by atoms with Crippen LogP contribution in [0.1, 0.15) is 52.5 Å². The third-order valence-electron chi connectivity index (χ3n) is 3.58. The van der Waals surface area contributed by atoms with E-state index in [1.54, 1.807) is 0 Å². The van der Waals surface area contributed by atoms with Crippen molar-refractivity contribution in [2.45, 2.75) is 59.5 Å². The van der Waals surface area contributed by atoms with Crippen LogP contribution in [0.4, 0.5) is 0 Å². The van der Waals surface area contributed by atoms with Crippen LogP contribution in [0.3, 0.4) is 0 Å². The van der Waals surface area contributed by atoms with Crippen molar-refractivity contribution in [3.8, 4) is 5.88 Å². The molecule has 2 nitrogen and oxygen atoms in total. The van der Waals surface area contributed by atoms with E-state index in [0.29, 0.717) is 11.5 Å². The van der Waals surface area contributed by atoms with E-state index in [9.17, 15) is 0 Å². The molecule has 1 fully saturated rings. The van der Waals surface area contributed by atoms with E-state index in [2.05, 4.69) is 38.7 Å². The fourth-order valence-electron chi connectivity index (χ4n) is 2.24. The van der Waals surface area contributed by atoms with Crippen molar-refractivity contribution in [3.05, 3.63) is 23.9 Å². The molecular formula is C16H25NO. The Morgan fingerprint density at radius 1 is 1.28 bits per heavy atom. The van der Waals surface area contributed by atoms with Gasteiger partial charge in [0.25, 0.3) is 0 Å². The summed E-state index contributed by atoms with van der Waals surface area (Å²) in [5, 5.41) is 0. The van der Waals surface area contributed by atoms with Crippen molar-refractivity contribution in [1.29, 1.82) is 0 Å². The molecule has 100 valence electrons. The summed E-state index contributed by atoms with van der Waals surface area (Å²) in [5.74, 6) is 1.60. The molecule has 0 amide bonds. The number of hydrogen-bond donors (Lipinski definition) is 0. The van der Waals surface area contributed by atoms with Crippen molar-refractivity contribution in [3.63, 3.8) is 0 Å². The number of pyridine rings is 1. The first-order valence-electron chi connectivity index (χ1n) is 7.04. The molecule has 1 aromatic heterocycles. The SMILES string of the molecule is CC1CC(Oc2ccc(CCC(C)(C)C)cn2)C1. The van der Waals surface area contributed by atoms with Crippen LogP contribution in [-0.2, 0) is 6.42 Å². The minimum atomic E-state index is 0.386. The Labute approximate surface area is 111 Å². The standard InChI is InChI=1S/C16H25NO/c1-12-9-14(10-12)18-15-6-5-13(11-17-15)7-8-16(2,3)4/h5-6,11-12,14H,7-10H2,1-4H3.